The first-order valence-electron chi connectivity index (χ1n) is 8.81. The summed E-state index contributed by atoms with van der Waals surface area (Å²) in [6.45, 7) is 2.23. The molecular weight excluding hydrogens is 290 g/mol. The van der Waals surface area contributed by atoms with Gasteiger partial charge in [0.05, 0.1) is 6.10 Å². The van der Waals surface area contributed by atoms with Crippen LogP contribution in [0.25, 0.3) is 0 Å². The number of hydrogen-bond donors (Lipinski definition) is 4. The number of phenols is 1. The van der Waals surface area contributed by atoms with E-state index in [1.165, 1.54) is 5.56 Å². The third-order valence-electron chi connectivity index (χ3n) is 7.42. The van der Waals surface area contributed by atoms with E-state index in [4.69, 9.17) is 5.73 Å². The van der Waals surface area contributed by atoms with Crippen LogP contribution in [0.2, 0.25) is 0 Å². The molecule has 5 N–H and O–H groups in total. The monoisotopic (exact) mass is 317 g/mol. The van der Waals surface area contributed by atoms with Gasteiger partial charge in [-0.1, -0.05) is 13.0 Å². The van der Waals surface area contributed by atoms with Crippen LogP contribution >= 0.6 is 0 Å². The Hall–Kier alpha value is -1.10. The van der Waals surface area contributed by atoms with Gasteiger partial charge in [0.15, 0.2) is 0 Å². The van der Waals surface area contributed by atoms with Crippen LogP contribution in [0, 0.1) is 11.3 Å². The molecule has 0 radical (unpaired) electrons. The van der Waals surface area contributed by atoms with Gasteiger partial charge in [0.2, 0.25) is 0 Å². The molecule has 0 amide bonds. The van der Waals surface area contributed by atoms with E-state index in [0.29, 0.717) is 5.92 Å². The quantitative estimate of drug-likeness (QED) is 0.640. The van der Waals surface area contributed by atoms with Gasteiger partial charge in [0, 0.05) is 23.5 Å². The average Bonchev–Trinajstić information content (AvgIpc) is 2.78. The van der Waals surface area contributed by atoms with Crippen LogP contribution in [0.3, 0.4) is 0 Å². The Kier molecular flexibility index (Phi) is 3.32. The second-order valence-corrected chi connectivity index (χ2v) is 8.19. The molecule has 0 bridgehead atoms. The van der Waals surface area contributed by atoms with Crippen LogP contribution in [0.4, 0.5) is 0 Å². The second kappa shape index (κ2) is 4.95. The lowest BCUT2D eigenvalue weighted by molar-refractivity contribution is -0.0443. The molecule has 1 aromatic carbocycles. The van der Waals surface area contributed by atoms with Crippen molar-refractivity contribution in [3.05, 3.63) is 29.3 Å². The summed E-state index contributed by atoms with van der Waals surface area (Å²) in [6, 6.07) is 5.57. The molecule has 4 rings (SSSR count). The second-order valence-electron chi connectivity index (χ2n) is 8.19. The summed E-state index contributed by atoms with van der Waals surface area (Å²) in [5, 5.41) is 30.3. The molecule has 4 nitrogen and oxygen atoms in total. The number of phenolic OH excluding ortho intramolecular Hbond substituents is 1. The lowest BCUT2D eigenvalue weighted by atomic mass is 9.50. The number of benzene rings is 1. The summed E-state index contributed by atoms with van der Waals surface area (Å²) in [5.41, 5.74) is 8.70. The van der Waals surface area contributed by atoms with Crippen molar-refractivity contribution in [3.63, 3.8) is 0 Å². The first-order chi connectivity index (χ1) is 10.9. The molecule has 1 aromatic rings. The highest BCUT2D eigenvalue weighted by Gasteiger charge is 2.63. The first-order valence-corrected chi connectivity index (χ1v) is 8.81. The number of aromatic hydroxyl groups is 1. The molecule has 3 aliphatic carbocycles. The Balaban J connectivity index is 1.81. The van der Waals surface area contributed by atoms with E-state index in [9.17, 15) is 15.3 Å². The van der Waals surface area contributed by atoms with Gasteiger partial charge in [0.25, 0.3) is 0 Å². The summed E-state index contributed by atoms with van der Waals surface area (Å²) < 4.78 is 0. The molecule has 1 unspecified atom stereocenters. The fourth-order valence-electron chi connectivity index (χ4n) is 5.92. The van der Waals surface area contributed by atoms with Crippen molar-refractivity contribution in [2.24, 2.45) is 17.1 Å². The standard InChI is InChI=1S/C19H27NO3/c1-18-6-4-14-13-3-2-12(22)9-15(13)11(10-21)8-16(14)19(18,20)7-5-17(18)23/h2-3,9,11,14,16-17,21-23H,4-8,10,20H2,1H3/t11-,14-,16-,17?,18-,19-/m1/s1. The van der Waals surface area contributed by atoms with E-state index in [1.807, 2.05) is 12.1 Å². The summed E-state index contributed by atoms with van der Waals surface area (Å²) in [4.78, 5) is 0. The first kappa shape index (κ1) is 15.4. The zero-order chi connectivity index (χ0) is 16.4. The van der Waals surface area contributed by atoms with Crippen LogP contribution < -0.4 is 5.73 Å². The normalized spacial score (nSPS) is 45.2. The Morgan fingerprint density at radius 1 is 1.22 bits per heavy atom. The van der Waals surface area contributed by atoms with E-state index in [-0.39, 0.29) is 41.3 Å². The highest BCUT2D eigenvalue weighted by atomic mass is 16.3. The van der Waals surface area contributed by atoms with Gasteiger partial charge in [-0.2, -0.15) is 0 Å². The van der Waals surface area contributed by atoms with E-state index < -0.39 is 0 Å². The molecule has 0 heterocycles. The molecule has 0 spiro atoms. The van der Waals surface area contributed by atoms with Crippen molar-refractivity contribution in [2.45, 2.75) is 62.5 Å². The number of fused-ring (bicyclic) bond motifs is 5. The molecule has 4 heteroatoms. The lowest BCUT2D eigenvalue weighted by Crippen LogP contribution is -2.63. The van der Waals surface area contributed by atoms with Crippen molar-refractivity contribution in [3.8, 4) is 5.75 Å². The van der Waals surface area contributed by atoms with Crippen LogP contribution in [0.15, 0.2) is 18.2 Å². The van der Waals surface area contributed by atoms with Crippen molar-refractivity contribution in [1.29, 1.82) is 0 Å². The van der Waals surface area contributed by atoms with Gasteiger partial charge in [-0.15, -0.1) is 0 Å². The maximum atomic E-state index is 10.5. The van der Waals surface area contributed by atoms with Crippen LogP contribution in [0.5, 0.6) is 5.75 Å². The SMILES string of the molecule is C[C@]12CC[C@@H]3c4ccc(O)cc4[C@@H](CO)C[C@H]3[C@]1(N)CCC2O. The smallest absolute Gasteiger partial charge is 0.115 e. The number of nitrogens with two attached hydrogens (primary N) is 1. The minimum Gasteiger partial charge on any atom is -0.508 e. The predicted octanol–water partition coefficient (Wildman–Crippen LogP) is 2.22. The third kappa shape index (κ3) is 1.89. The fourth-order valence-corrected chi connectivity index (χ4v) is 5.92. The van der Waals surface area contributed by atoms with Gasteiger partial charge in [-0.25, -0.2) is 0 Å². The van der Waals surface area contributed by atoms with E-state index in [1.54, 1.807) is 6.07 Å². The van der Waals surface area contributed by atoms with Crippen LogP contribution in [-0.4, -0.2) is 33.6 Å². The Morgan fingerprint density at radius 3 is 2.74 bits per heavy atom. The minimum atomic E-state index is -0.363. The lowest BCUT2D eigenvalue weighted by Gasteiger charge is -2.57. The van der Waals surface area contributed by atoms with Crippen molar-refractivity contribution in [2.75, 3.05) is 6.61 Å². The predicted molar refractivity (Wildman–Crippen MR) is 88.3 cm³/mol. The summed E-state index contributed by atoms with van der Waals surface area (Å²) in [5.74, 6) is 0.947. The molecule has 6 atom stereocenters. The highest BCUT2D eigenvalue weighted by Crippen LogP contribution is 2.63. The summed E-state index contributed by atoms with van der Waals surface area (Å²) >= 11 is 0. The van der Waals surface area contributed by atoms with Crippen molar-refractivity contribution in [1.82, 2.24) is 0 Å². The zero-order valence-electron chi connectivity index (χ0n) is 13.7. The Morgan fingerprint density at radius 2 is 2.00 bits per heavy atom. The fraction of sp³-hybridized carbons (Fsp3) is 0.684. The van der Waals surface area contributed by atoms with Gasteiger partial charge in [-0.05, 0) is 67.2 Å². The third-order valence-corrected chi connectivity index (χ3v) is 7.42. The molecular formula is C19H27NO3. The summed E-state index contributed by atoms with van der Waals surface area (Å²) in [6.07, 6.45) is 4.13. The van der Waals surface area contributed by atoms with Crippen LogP contribution in [-0.2, 0) is 0 Å². The molecule has 0 saturated heterocycles. The summed E-state index contributed by atoms with van der Waals surface area (Å²) in [7, 11) is 0. The van der Waals surface area contributed by atoms with Gasteiger partial charge in [0.1, 0.15) is 5.75 Å². The minimum absolute atomic E-state index is 0.0267. The largest absolute Gasteiger partial charge is 0.508 e. The Labute approximate surface area is 137 Å². The molecule has 2 fully saturated rings. The highest BCUT2D eigenvalue weighted by molar-refractivity contribution is 5.43. The number of aliphatic hydroxyl groups is 2. The molecule has 3 aliphatic rings. The maximum absolute atomic E-state index is 10.5. The van der Waals surface area contributed by atoms with E-state index in [2.05, 4.69) is 6.92 Å². The van der Waals surface area contributed by atoms with Gasteiger partial charge >= 0.3 is 0 Å². The van der Waals surface area contributed by atoms with E-state index >= 15 is 0 Å². The average molecular weight is 317 g/mol. The van der Waals surface area contributed by atoms with Gasteiger partial charge in [-0.3, -0.25) is 0 Å². The van der Waals surface area contributed by atoms with E-state index in [0.717, 1.165) is 37.7 Å². The number of rotatable bonds is 1. The molecule has 0 aliphatic heterocycles. The van der Waals surface area contributed by atoms with Crippen LogP contribution in [0.1, 0.15) is 62.0 Å². The molecule has 2 saturated carbocycles. The van der Waals surface area contributed by atoms with Gasteiger partial charge < -0.3 is 21.1 Å². The topological polar surface area (TPSA) is 86.7 Å². The number of hydrogen-bond acceptors (Lipinski definition) is 4. The number of aliphatic hydroxyl groups excluding tert-OH is 2. The molecule has 0 aromatic heterocycles. The zero-order valence-corrected chi connectivity index (χ0v) is 13.7. The van der Waals surface area contributed by atoms with Crippen molar-refractivity contribution < 1.29 is 15.3 Å². The molecule has 126 valence electrons. The van der Waals surface area contributed by atoms with Crippen molar-refractivity contribution >= 4 is 0 Å². The Bertz CT molecular complexity index is 633. The molecule has 23 heavy (non-hydrogen) atoms. The maximum Gasteiger partial charge on any atom is 0.115 e.